The Morgan fingerprint density at radius 3 is 2.62 bits per heavy atom. The van der Waals surface area contributed by atoms with Crippen LogP contribution < -0.4 is 5.73 Å². The van der Waals surface area contributed by atoms with E-state index in [1.165, 1.54) is 0 Å². The van der Waals surface area contributed by atoms with E-state index >= 15 is 0 Å². The molecule has 1 aromatic heterocycles. The lowest BCUT2D eigenvalue weighted by Gasteiger charge is -2.13. The average molecular weight is 183 g/mol. The Kier molecular flexibility index (Phi) is 3.06. The van der Waals surface area contributed by atoms with Crippen molar-refractivity contribution in [3.05, 3.63) is 17.2 Å². The number of imidazole rings is 1. The average Bonchev–Trinajstić information content (AvgIpc) is 2.41. The van der Waals surface area contributed by atoms with E-state index in [0.717, 1.165) is 23.6 Å². The number of aryl methyl sites for hydroxylation is 2. The van der Waals surface area contributed by atoms with Gasteiger partial charge in [0.1, 0.15) is 5.82 Å². The van der Waals surface area contributed by atoms with E-state index in [9.17, 15) is 0 Å². The van der Waals surface area contributed by atoms with Crippen molar-refractivity contribution in [2.24, 2.45) is 5.73 Å². The summed E-state index contributed by atoms with van der Waals surface area (Å²) >= 11 is 0. The minimum absolute atomic E-state index is 0.000370. The van der Waals surface area contributed by atoms with Gasteiger partial charge in [0.15, 0.2) is 0 Å². The Morgan fingerprint density at radius 1 is 1.62 bits per heavy atom. The molecule has 0 radical (unpaired) electrons. The summed E-state index contributed by atoms with van der Waals surface area (Å²) in [6.07, 6.45) is 0.709. The second-order valence-corrected chi connectivity index (χ2v) is 3.18. The van der Waals surface area contributed by atoms with Gasteiger partial charge >= 0.3 is 0 Å². The minimum Gasteiger partial charge on any atom is -0.390 e. The molecule has 13 heavy (non-hydrogen) atoms. The van der Waals surface area contributed by atoms with Crippen molar-refractivity contribution in [3.8, 4) is 0 Å². The number of aliphatic hydroxyl groups excluding tert-OH is 1. The number of rotatable bonds is 3. The minimum atomic E-state index is -0.127. The van der Waals surface area contributed by atoms with Gasteiger partial charge in [0.2, 0.25) is 0 Å². The van der Waals surface area contributed by atoms with E-state index in [0.29, 0.717) is 0 Å². The summed E-state index contributed by atoms with van der Waals surface area (Å²) in [4.78, 5) is 4.34. The Balaban J connectivity index is 3.24. The van der Waals surface area contributed by atoms with Crippen molar-refractivity contribution in [2.45, 2.75) is 40.0 Å². The van der Waals surface area contributed by atoms with E-state index in [-0.39, 0.29) is 12.8 Å². The summed E-state index contributed by atoms with van der Waals surface area (Å²) in [5, 5.41) is 9.14. The Bertz CT molecular complexity index is 291. The Hall–Kier alpha value is -0.870. The molecule has 0 aliphatic rings. The van der Waals surface area contributed by atoms with Gasteiger partial charge in [0, 0.05) is 6.42 Å². The van der Waals surface area contributed by atoms with Gasteiger partial charge < -0.3 is 15.4 Å². The molecule has 0 saturated heterocycles. The lowest BCUT2D eigenvalue weighted by Crippen LogP contribution is -2.19. The zero-order chi connectivity index (χ0) is 10.0. The number of hydrogen-bond acceptors (Lipinski definition) is 3. The van der Waals surface area contributed by atoms with Crippen LogP contribution in [0.3, 0.4) is 0 Å². The van der Waals surface area contributed by atoms with Gasteiger partial charge in [-0.1, -0.05) is 6.92 Å². The molecule has 1 heterocycles. The molecule has 0 bridgehead atoms. The lowest BCUT2D eigenvalue weighted by molar-refractivity contribution is 0.265. The van der Waals surface area contributed by atoms with Crippen LogP contribution >= 0.6 is 0 Å². The lowest BCUT2D eigenvalue weighted by atomic mass is 10.3. The van der Waals surface area contributed by atoms with E-state index in [1.54, 1.807) is 0 Å². The van der Waals surface area contributed by atoms with Crippen molar-refractivity contribution in [1.82, 2.24) is 9.55 Å². The van der Waals surface area contributed by atoms with Crippen molar-refractivity contribution in [1.29, 1.82) is 0 Å². The van der Waals surface area contributed by atoms with E-state index in [2.05, 4.69) is 4.98 Å². The number of nitrogens with two attached hydrogens (primary N) is 1. The maximum Gasteiger partial charge on any atom is 0.110 e. The zero-order valence-electron chi connectivity index (χ0n) is 8.41. The van der Waals surface area contributed by atoms with Crippen LogP contribution in [0.4, 0.5) is 0 Å². The first-order chi connectivity index (χ1) is 6.11. The van der Waals surface area contributed by atoms with Crippen molar-refractivity contribution in [3.63, 3.8) is 0 Å². The molecule has 0 aromatic carbocycles. The van der Waals surface area contributed by atoms with Crippen molar-refractivity contribution < 1.29 is 5.11 Å². The number of hydrogen-bond donors (Lipinski definition) is 2. The summed E-state index contributed by atoms with van der Waals surface area (Å²) in [7, 11) is 0. The van der Waals surface area contributed by atoms with Crippen LogP contribution in [0.5, 0.6) is 0 Å². The maximum absolute atomic E-state index is 9.14. The molecule has 0 aliphatic carbocycles. The molecule has 0 saturated carbocycles. The molecule has 1 atom stereocenters. The standard InChI is InChI=1S/C9H17N3O/c1-4-9-11-6(2)8(5-13)12(9)7(3)10/h7,13H,4-5,10H2,1-3H3. The molecule has 0 spiro atoms. The molecular formula is C9H17N3O. The SMILES string of the molecule is CCc1nc(C)c(CO)n1C(C)N. The molecule has 4 heteroatoms. The second kappa shape index (κ2) is 3.89. The molecule has 0 fully saturated rings. The molecule has 0 aliphatic heterocycles. The Labute approximate surface area is 78.4 Å². The predicted octanol–water partition coefficient (Wildman–Crippen LogP) is 0.723. The van der Waals surface area contributed by atoms with Gasteiger partial charge in [-0.3, -0.25) is 0 Å². The third-order valence-corrected chi connectivity index (χ3v) is 2.16. The molecule has 0 amide bonds. The number of nitrogens with zero attached hydrogens (tertiary/aromatic N) is 2. The molecule has 74 valence electrons. The van der Waals surface area contributed by atoms with Crippen LogP contribution in [0.1, 0.15) is 37.2 Å². The van der Waals surface area contributed by atoms with E-state index in [4.69, 9.17) is 10.8 Å². The summed E-state index contributed by atoms with van der Waals surface area (Å²) < 4.78 is 1.90. The van der Waals surface area contributed by atoms with Crippen LogP contribution in [0.15, 0.2) is 0 Å². The fraction of sp³-hybridized carbons (Fsp3) is 0.667. The van der Waals surface area contributed by atoms with Crippen LogP contribution in [-0.2, 0) is 13.0 Å². The van der Waals surface area contributed by atoms with Crippen LogP contribution in [0.2, 0.25) is 0 Å². The highest BCUT2D eigenvalue weighted by molar-refractivity contribution is 5.16. The molecule has 1 aromatic rings. The third kappa shape index (κ3) is 1.73. The molecule has 1 rings (SSSR count). The van der Waals surface area contributed by atoms with Gasteiger partial charge in [-0.05, 0) is 13.8 Å². The zero-order valence-corrected chi connectivity index (χ0v) is 8.41. The van der Waals surface area contributed by atoms with E-state index in [1.807, 2.05) is 25.3 Å². The van der Waals surface area contributed by atoms with Crippen LogP contribution in [0, 0.1) is 6.92 Å². The van der Waals surface area contributed by atoms with Gasteiger partial charge in [0.05, 0.1) is 24.2 Å². The summed E-state index contributed by atoms with van der Waals surface area (Å²) in [6, 6.07) is 0. The first kappa shape index (κ1) is 10.2. The predicted molar refractivity (Wildman–Crippen MR) is 51.2 cm³/mol. The molecular weight excluding hydrogens is 166 g/mol. The topological polar surface area (TPSA) is 64.1 Å². The normalized spacial score (nSPS) is 13.3. The largest absolute Gasteiger partial charge is 0.390 e. The summed E-state index contributed by atoms with van der Waals surface area (Å²) in [5.41, 5.74) is 7.49. The van der Waals surface area contributed by atoms with Gasteiger partial charge in [0.25, 0.3) is 0 Å². The fourth-order valence-electron chi connectivity index (χ4n) is 1.56. The highest BCUT2D eigenvalue weighted by Gasteiger charge is 2.14. The first-order valence-electron chi connectivity index (χ1n) is 4.54. The number of aromatic nitrogens is 2. The maximum atomic E-state index is 9.14. The second-order valence-electron chi connectivity index (χ2n) is 3.18. The van der Waals surface area contributed by atoms with Crippen molar-refractivity contribution in [2.75, 3.05) is 0 Å². The van der Waals surface area contributed by atoms with Crippen LogP contribution in [0.25, 0.3) is 0 Å². The third-order valence-electron chi connectivity index (χ3n) is 2.16. The highest BCUT2D eigenvalue weighted by Crippen LogP contribution is 2.15. The van der Waals surface area contributed by atoms with Gasteiger partial charge in [-0.25, -0.2) is 4.98 Å². The van der Waals surface area contributed by atoms with Gasteiger partial charge in [-0.15, -0.1) is 0 Å². The fourth-order valence-corrected chi connectivity index (χ4v) is 1.56. The molecule has 1 unspecified atom stereocenters. The Morgan fingerprint density at radius 2 is 2.23 bits per heavy atom. The summed E-state index contributed by atoms with van der Waals surface area (Å²) in [6.45, 7) is 5.81. The van der Waals surface area contributed by atoms with Gasteiger partial charge in [-0.2, -0.15) is 0 Å². The van der Waals surface area contributed by atoms with Crippen LogP contribution in [-0.4, -0.2) is 14.7 Å². The quantitative estimate of drug-likeness (QED) is 0.726. The monoisotopic (exact) mass is 183 g/mol. The summed E-state index contributed by atoms with van der Waals surface area (Å²) in [5.74, 6) is 0.941. The smallest absolute Gasteiger partial charge is 0.110 e. The molecule has 4 nitrogen and oxygen atoms in total. The first-order valence-corrected chi connectivity index (χ1v) is 4.54. The highest BCUT2D eigenvalue weighted by atomic mass is 16.3. The number of aliphatic hydroxyl groups is 1. The van der Waals surface area contributed by atoms with E-state index < -0.39 is 0 Å². The molecule has 3 N–H and O–H groups in total. The van der Waals surface area contributed by atoms with Crippen molar-refractivity contribution >= 4 is 0 Å².